The van der Waals surface area contributed by atoms with E-state index in [1.54, 1.807) is 30.0 Å². The monoisotopic (exact) mass is 284 g/mol. The number of anilines is 1. The molecule has 0 unspecified atom stereocenters. The maximum absolute atomic E-state index is 12.5. The van der Waals surface area contributed by atoms with Crippen molar-refractivity contribution in [2.24, 2.45) is 0 Å². The fourth-order valence-corrected chi connectivity index (χ4v) is 2.14. The molecule has 21 heavy (non-hydrogen) atoms. The summed E-state index contributed by atoms with van der Waals surface area (Å²) in [6, 6.07) is 12.4. The van der Waals surface area contributed by atoms with Crippen LogP contribution in [0.3, 0.4) is 0 Å². The number of carbonyl (C=O) groups is 1. The number of amides is 1. The zero-order valence-electron chi connectivity index (χ0n) is 12.3. The van der Waals surface area contributed by atoms with Crippen molar-refractivity contribution in [2.75, 3.05) is 12.3 Å². The lowest BCUT2D eigenvalue weighted by atomic mass is 10.1. The molecule has 3 N–H and O–H groups in total. The van der Waals surface area contributed by atoms with Crippen molar-refractivity contribution in [3.8, 4) is 5.75 Å². The van der Waals surface area contributed by atoms with E-state index in [0.717, 1.165) is 5.56 Å². The van der Waals surface area contributed by atoms with Gasteiger partial charge in [0.05, 0.1) is 0 Å². The summed E-state index contributed by atoms with van der Waals surface area (Å²) in [4.78, 5) is 14.3. The maximum atomic E-state index is 12.5. The Labute approximate surface area is 124 Å². The predicted octanol–water partition coefficient (Wildman–Crippen LogP) is 2.95. The molecule has 0 aliphatic heterocycles. The molecule has 0 bridgehead atoms. The molecule has 0 heterocycles. The predicted molar refractivity (Wildman–Crippen MR) is 84.1 cm³/mol. The molecular weight excluding hydrogens is 264 g/mol. The summed E-state index contributed by atoms with van der Waals surface area (Å²) in [7, 11) is 0. The summed E-state index contributed by atoms with van der Waals surface area (Å²) >= 11 is 0. The van der Waals surface area contributed by atoms with Gasteiger partial charge < -0.3 is 15.7 Å². The van der Waals surface area contributed by atoms with E-state index in [-0.39, 0.29) is 11.7 Å². The molecule has 2 rings (SSSR count). The maximum Gasteiger partial charge on any atom is 0.254 e. The van der Waals surface area contributed by atoms with Gasteiger partial charge in [0.15, 0.2) is 0 Å². The summed E-state index contributed by atoms with van der Waals surface area (Å²) in [6.07, 6.45) is 0. The summed E-state index contributed by atoms with van der Waals surface area (Å²) in [6.45, 7) is 4.88. The second-order valence-corrected chi connectivity index (χ2v) is 5.06. The number of hydrogen-bond donors (Lipinski definition) is 2. The standard InChI is InChI=1S/C17H20N2O2/c1-3-19(11-13-4-7-15(18)8-5-13)17(21)14-6-9-16(20)12(2)10-14/h4-10,20H,3,11,18H2,1-2H3. The first-order valence-corrected chi connectivity index (χ1v) is 6.94. The summed E-state index contributed by atoms with van der Waals surface area (Å²) in [5.74, 6) is 0.158. The number of aryl methyl sites for hydroxylation is 1. The van der Waals surface area contributed by atoms with Gasteiger partial charge in [-0.3, -0.25) is 4.79 Å². The van der Waals surface area contributed by atoms with Crippen LogP contribution in [0.4, 0.5) is 5.69 Å². The Kier molecular flexibility index (Phi) is 4.48. The van der Waals surface area contributed by atoms with Gasteiger partial charge >= 0.3 is 0 Å². The first-order chi connectivity index (χ1) is 10.0. The highest BCUT2D eigenvalue weighted by atomic mass is 16.3. The van der Waals surface area contributed by atoms with Crippen LogP contribution in [0.2, 0.25) is 0 Å². The number of phenols is 1. The quantitative estimate of drug-likeness (QED) is 0.848. The van der Waals surface area contributed by atoms with Gasteiger partial charge in [0.2, 0.25) is 0 Å². The van der Waals surface area contributed by atoms with Gasteiger partial charge in [-0.05, 0) is 55.3 Å². The fraction of sp³-hybridized carbons (Fsp3) is 0.235. The first-order valence-electron chi connectivity index (χ1n) is 6.94. The zero-order chi connectivity index (χ0) is 15.4. The van der Waals surface area contributed by atoms with E-state index in [1.165, 1.54) is 0 Å². The molecule has 1 amide bonds. The molecule has 0 spiro atoms. The Morgan fingerprint density at radius 1 is 1.19 bits per heavy atom. The van der Waals surface area contributed by atoms with Gasteiger partial charge in [-0.15, -0.1) is 0 Å². The minimum atomic E-state index is -0.0441. The van der Waals surface area contributed by atoms with Crippen LogP contribution < -0.4 is 5.73 Å². The largest absolute Gasteiger partial charge is 0.508 e. The number of aromatic hydroxyl groups is 1. The van der Waals surface area contributed by atoms with E-state index >= 15 is 0 Å². The molecule has 2 aromatic carbocycles. The van der Waals surface area contributed by atoms with E-state index in [0.29, 0.717) is 29.9 Å². The molecule has 0 atom stereocenters. The highest BCUT2D eigenvalue weighted by Gasteiger charge is 2.15. The molecule has 110 valence electrons. The summed E-state index contributed by atoms with van der Waals surface area (Å²) in [5, 5.41) is 9.55. The molecule has 0 fully saturated rings. The third-order valence-corrected chi connectivity index (χ3v) is 3.47. The van der Waals surface area contributed by atoms with E-state index in [9.17, 15) is 9.90 Å². The lowest BCUT2D eigenvalue weighted by Gasteiger charge is -2.21. The molecule has 0 radical (unpaired) electrons. The van der Waals surface area contributed by atoms with Crippen molar-refractivity contribution in [3.63, 3.8) is 0 Å². The number of phenolic OH excluding ortho intramolecular Hbond substituents is 1. The molecule has 0 aliphatic rings. The Hall–Kier alpha value is -2.49. The van der Waals surface area contributed by atoms with Gasteiger partial charge in [-0.2, -0.15) is 0 Å². The minimum Gasteiger partial charge on any atom is -0.508 e. The molecular formula is C17H20N2O2. The fourth-order valence-electron chi connectivity index (χ4n) is 2.14. The number of rotatable bonds is 4. The summed E-state index contributed by atoms with van der Waals surface area (Å²) < 4.78 is 0. The van der Waals surface area contributed by atoms with E-state index in [2.05, 4.69) is 0 Å². The number of nitrogens with two attached hydrogens (primary N) is 1. The van der Waals surface area contributed by atoms with Crippen LogP contribution in [0.15, 0.2) is 42.5 Å². The lowest BCUT2D eigenvalue weighted by molar-refractivity contribution is 0.0752. The lowest BCUT2D eigenvalue weighted by Crippen LogP contribution is -2.30. The molecule has 4 heteroatoms. The van der Waals surface area contributed by atoms with Crippen molar-refractivity contribution in [2.45, 2.75) is 20.4 Å². The Morgan fingerprint density at radius 2 is 1.86 bits per heavy atom. The van der Waals surface area contributed by atoms with Gasteiger partial charge in [0.1, 0.15) is 5.75 Å². The van der Waals surface area contributed by atoms with Gasteiger partial charge in [0.25, 0.3) is 5.91 Å². The van der Waals surface area contributed by atoms with Crippen LogP contribution >= 0.6 is 0 Å². The smallest absolute Gasteiger partial charge is 0.254 e. The number of nitrogen functional groups attached to an aromatic ring is 1. The third kappa shape index (κ3) is 3.54. The summed E-state index contributed by atoms with van der Waals surface area (Å²) in [5.41, 5.74) is 8.70. The second kappa shape index (κ2) is 6.31. The Bertz CT molecular complexity index is 636. The molecule has 2 aromatic rings. The van der Waals surface area contributed by atoms with Crippen molar-refractivity contribution in [1.29, 1.82) is 0 Å². The highest BCUT2D eigenvalue weighted by molar-refractivity contribution is 5.94. The zero-order valence-corrected chi connectivity index (χ0v) is 12.3. The van der Waals surface area contributed by atoms with E-state index in [1.807, 2.05) is 31.2 Å². The van der Waals surface area contributed by atoms with Crippen LogP contribution in [0.1, 0.15) is 28.4 Å². The third-order valence-electron chi connectivity index (χ3n) is 3.47. The van der Waals surface area contributed by atoms with Gasteiger partial charge in [0, 0.05) is 24.3 Å². The van der Waals surface area contributed by atoms with E-state index in [4.69, 9.17) is 5.73 Å². The average Bonchev–Trinajstić information content (AvgIpc) is 2.49. The molecule has 0 aromatic heterocycles. The van der Waals surface area contributed by atoms with Crippen molar-refractivity contribution < 1.29 is 9.90 Å². The Balaban J connectivity index is 2.18. The van der Waals surface area contributed by atoms with Crippen LogP contribution in [0.5, 0.6) is 5.75 Å². The van der Waals surface area contributed by atoms with E-state index < -0.39 is 0 Å². The molecule has 0 saturated carbocycles. The van der Waals surface area contributed by atoms with Crippen molar-refractivity contribution in [3.05, 3.63) is 59.2 Å². The number of benzene rings is 2. The minimum absolute atomic E-state index is 0.0441. The van der Waals surface area contributed by atoms with Crippen LogP contribution in [-0.2, 0) is 6.54 Å². The number of carbonyl (C=O) groups excluding carboxylic acids is 1. The normalized spacial score (nSPS) is 10.4. The highest BCUT2D eigenvalue weighted by Crippen LogP contribution is 2.19. The van der Waals surface area contributed by atoms with Crippen LogP contribution in [0, 0.1) is 6.92 Å². The van der Waals surface area contributed by atoms with Gasteiger partial charge in [-0.25, -0.2) is 0 Å². The number of nitrogens with zero attached hydrogens (tertiary/aromatic N) is 1. The number of hydrogen-bond acceptors (Lipinski definition) is 3. The van der Waals surface area contributed by atoms with Crippen molar-refractivity contribution in [1.82, 2.24) is 4.90 Å². The average molecular weight is 284 g/mol. The van der Waals surface area contributed by atoms with Gasteiger partial charge in [-0.1, -0.05) is 12.1 Å². The Morgan fingerprint density at radius 3 is 2.43 bits per heavy atom. The first kappa shape index (κ1) is 14.9. The topological polar surface area (TPSA) is 66.6 Å². The molecule has 4 nitrogen and oxygen atoms in total. The van der Waals surface area contributed by atoms with Crippen molar-refractivity contribution >= 4 is 11.6 Å². The SMILES string of the molecule is CCN(Cc1ccc(N)cc1)C(=O)c1ccc(O)c(C)c1. The second-order valence-electron chi connectivity index (χ2n) is 5.06. The van der Waals surface area contributed by atoms with Crippen LogP contribution in [-0.4, -0.2) is 22.5 Å². The molecule has 0 saturated heterocycles. The van der Waals surface area contributed by atoms with Crippen LogP contribution in [0.25, 0.3) is 0 Å². The molecule has 0 aliphatic carbocycles.